The van der Waals surface area contributed by atoms with E-state index in [1.54, 1.807) is 6.92 Å². The van der Waals surface area contributed by atoms with Crippen LogP contribution in [0.4, 0.5) is 4.79 Å². The lowest BCUT2D eigenvalue weighted by Gasteiger charge is -2.25. The van der Waals surface area contributed by atoms with E-state index in [0.717, 1.165) is 38.8 Å². The average Bonchev–Trinajstić information content (AvgIpc) is 2.92. The number of hydrogen-bond acceptors (Lipinski definition) is 2. The van der Waals surface area contributed by atoms with Gasteiger partial charge in [0.1, 0.15) is 6.04 Å². The Hall–Kier alpha value is -1.26. The van der Waals surface area contributed by atoms with Gasteiger partial charge < -0.3 is 15.5 Å². The van der Waals surface area contributed by atoms with E-state index in [4.69, 9.17) is 0 Å². The first-order chi connectivity index (χ1) is 9.16. The highest BCUT2D eigenvalue weighted by atomic mass is 16.2. The highest BCUT2D eigenvalue weighted by Crippen LogP contribution is 2.17. The van der Waals surface area contributed by atoms with Gasteiger partial charge in [-0.3, -0.25) is 4.79 Å². The van der Waals surface area contributed by atoms with Crippen LogP contribution in [0, 0.1) is 0 Å². The fourth-order valence-corrected chi connectivity index (χ4v) is 2.94. The van der Waals surface area contributed by atoms with Crippen LogP contribution in [0.15, 0.2) is 0 Å². The number of urea groups is 1. The molecular formula is C14H25N3O2. The van der Waals surface area contributed by atoms with Gasteiger partial charge in [-0.2, -0.15) is 0 Å². The van der Waals surface area contributed by atoms with Gasteiger partial charge in [0.15, 0.2) is 0 Å². The highest BCUT2D eigenvalue weighted by molar-refractivity contribution is 5.86. The molecule has 0 radical (unpaired) electrons. The van der Waals surface area contributed by atoms with Gasteiger partial charge in [0, 0.05) is 19.1 Å². The fraction of sp³-hybridized carbons (Fsp3) is 0.857. The second-order valence-corrected chi connectivity index (χ2v) is 5.71. The average molecular weight is 267 g/mol. The predicted molar refractivity (Wildman–Crippen MR) is 73.8 cm³/mol. The molecule has 0 aromatic heterocycles. The van der Waals surface area contributed by atoms with Gasteiger partial charge in [-0.25, -0.2) is 4.79 Å². The number of carbonyl (C=O) groups is 2. The first-order valence-electron chi connectivity index (χ1n) is 7.52. The fourth-order valence-electron chi connectivity index (χ4n) is 2.94. The lowest BCUT2D eigenvalue weighted by Crippen LogP contribution is -2.51. The highest BCUT2D eigenvalue weighted by Gasteiger charge is 2.25. The van der Waals surface area contributed by atoms with Crippen molar-refractivity contribution in [2.24, 2.45) is 0 Å². The maximum absolute atomic E-state index is 12.1. The van der Waals surface area contributed by atoms with Crippen LogP contribution in [0.25, 0.3) is 0 Å². The quantitative estimate of drug-likeness (QED) is 0.816. The molecule has 1 saturated heterocycles. The normalized spacial score (nSPS) is 22.1. The van der Waals surface area contributed by atoms with E-state index in [1.807, 2.05) is 4.90 Å². The molecule has 3 amide bonds. The molecule has 1 heterocycles. The number of hydrogen-bond donors (Lipinski definition) is 2. The van der Waals surface area contributed by atoms with Crippen molar-refractivity contribution in [3.63, 3.8) is 0 Å². The van der Waals surface area contributed by atoms with E-state index < -0.39 is 6.04 Å². The summed E-state index contributed by atoms with van der Waals surface area (Å²) in [5.41, 5.74) is 0. The van der Waals surface area contributed by atoms with Crippen LogP contribution < -0.4 is 10.6 Å². The molecule has 2 N–H and O–H groups in total. The van der Waals surface area contributed by atoms with Gasteiger partial charge >= 0.3 is 6.03 Å². The molecule has 5 heteroatoms. The standard InChI is InChI=1S/C14H25N3O2/c1-11(13(18)17-9-5-6-10-17)15-14(19)16-12-7-3-2-4-8-12/h11-12H,2-10H2,1H3,(H2,15,16,19)/t11-/m1/s1. The van der Waals surface area contributed by atoms with Gasteiger partial charge in [0.05, 0.1) is 0 Å². The molecule has 1 aliphatic heterocycles. The number of nitrogens with one attached hydrogen (secondary N) is 2. The Morgan fingerprint density at radius 3 is 2.32 bits per heavy atom. The van der Waals surface area contributed by atoms with Crippen molar-refractivity contribution in [2.75, 3.05) is 13.1 Å². The Labute approximate surface area is 115 Å². The van der Waals surface area contributed by atoms with Crippen molar-refractivity contribution in [1.29, 1.82) is 0 Å². The summed E-state index contributed by atoms with van der Waals surface area (Å²) < 4.78 is 0. The molecule has 0 spiro atoms. The first kappa shape index (κ1) is 14.2. The van der Waals surface area contributed by atoms with Gasteiger partial charge in [-0.1, -0.05) is 19.3 Å². The molecule has 0 bridgehead atoms. The zero-order chi connectivity index (χ0) is 13.7. The van der Waals surface area contributed by atoms with Crippen LogP contribution >= 0.6 is 0 Å². The van der Waals surface area contributed by atoms with Crippen molar-refractivity contribution >= 4 is 11.9 Å². The minimum absolute atomic E-state index is 0.0382. The van der Waals surface area contributed by atoms with E-state index in [-0.39, 0.29) is 18.0 Å². The predicted octanol–water partition coefficient (Wildman–Crippen LogP) is 1.63. The Bertz CT molecular complexity index is 321. The molecule has 1 saturated carbocycles. The van der Waals surface area contributed by atoms with E-state index in [9.17, 15) is 9.59 Å². The molecule has 2 aliphatic rings. The Kier molecular flexibility index (Phi) is 5.05. The number of rotatable bonds is 3. The number of carbonyl (C=O) groups excluding carboxylic acids is 2. The van der Waals surface area contributed by atoms with Crippen molar-refractivity contribution in [3.8, 4) is 0 Å². The zero-order valence-corrected chi connectivity index (χ0v) is 11.8. The maximum atomic E-state index is 12.1. The van der Waals surface area contributed by atoms with Gasteiger partial charge in [-0.15, -0.1) is 0 Å². The Balaban J connectivity index is 1.72. The summed E-state index contributed by atoms with van der Waals surface area (Å²) in [6.07, 6.45) is 7.91. The summed E-state index contributed by atoms with van der Waals surface area (Å²) >= 11 is 0. The van der Waals surface area contributed by atoms with E-state index in [0.29, 0.717) is 0 Å². The molecule has 5 nitrogen and oxygen atoms in total. The van der Waals surface area contributed by atoms with Crippen LogP contribution in [0.1, 0.15) is 51.9 Å². The topological polar surface area (TPSA) is 61.4 Å². The largest absolute Gasteiger partial charge is 0.341 e. The second-order valence-electron chi connectivity index (χ2n) is 5.71. The smallest absolute Gasteiger partial charge is 0.315 e. The maximum Gasteiger partial charge on any atom is 0.315 e. The molecule has 2 rings (SSSR count). The van der Waals surface area contributed by atoms with Crippen LogP contribution in [0.2, 0.25) is 0 Å². The molecule has 0 aromatic rings. The summed E-state index contributed by atoms with van der Waals surface area (Å²) in [6, 6.07) is -0.350. The van der Waals surface area contributed by atoms with E-state index in [2.05, 4.69) is 10.6 Å². The molecule has 0 aromatic carbocycles. The second kappa shape index (κ2) is 6.78. The van der Waals surface area contributed by atoms with Crippen molar-refractivity contribution < 1.29 is 9.59 Å². The lowest BCUT2D eigenvalue weighted by molar-refractivity contribution is -0.131. The molecule has 2 fully saturated rings. The molecular weight excluding hydrogens is 242 g/mol. The molecule has 1 aliphatic carbocycles. The summed E-state index contributed by atoms with van der Waals surface area (Å²) in [7, 11) is 0. The number of likely N-dealkylation sites (tertiary alicyclic amines) is 1. The molecule has 108 valence electrons. The van der Waals surface area contributed by atoms with E-state index in [1.165, 1.54) is 19.3 Å². The number of nitrogens with zero attached hydrogens (tertiary/aromatic N) is 1. The summed E-state index contributed by atoms with van der Waals surface area (Å²) in [4.78, 5) is 25.7. The van der Waals surface area contributed by atoms with Crippen LogP contribution in [0.3, 0.4) is 0 Å². The summed E-state index contributed by atoms with van der Waals surface area (Å²) in [5, 5.41) is 5.74. The van der Waals surface area contributed by atoms with Crippen LogP contribution in [-0.4, -0.2) is 42.0 Å². The third-order valence-corrected chi connectivity index (χ3v) is 4.08. The van der Waals surface area contributed by atoms with Crippen LogP contribution in [0.5, 0.6) is 0 Å². The molecule has 0 unspecified atom stereocenters. The third kappa shape index (κ3) is 4.11. The minimum Gasteiger partial charge on any atom is -0.341 e. The van der Waals surface area contributed by atoms with Crippen molar-refractivity contribution in [1.82, 2.24) is 15.5 Å². The first-order valence-corrected chi connectivity index (χ1v) is 7.52. The summed E-state index contributed by atoms with van der Waals surface area (Å²) in [5.74, 6) is 0.0382. The van der Waals surface area contributed by atoms with Crippen LogP contribution in [-0.2, 0) is 4.79 Å². The van der Waals surface area contributed by atoms with Crippen molar-refractivity contribution in [2.45, 2.75) is 64.0 Å². The molecule has 1 atom stereocenters. The van der Waals surface area contributed by atoms with Gasteiger partial charge in [-0.05, 0) is 32.6 Å². The Morgan fingerprint density at radius 1 is 1.05 bits per heavy atom. The minimum atomic E-state index is -0.429. The van der Waals surface area contributed by atoms with Gasteiger partial charge in [0.25, 0.3) is 0 Å². The lowest BCUT2D eigenvalue weighted by atomic mass is 9.96. The SMILES string of the molecule is C[C@@H](NC(=O)NC1CCCCC1)C(=O)N1CCCC1. The zero-order valence-electron chi connectivity index (χ0n) is 11.8. The molecule has 19 heavy (non-hydrogen) atoms. The Morgan fingerprint density at radius 2 is 1.68 bits per heavy atom. The summed E-state index contributed by atoms with van der Waals surface area (Å²) in [6.45, 7) is 3.42. The third-order valence-electron chi connectivity index (χ3n) is 4.08. The number of amides is 3. The monoisotopic (exact) mass is 267 g/mol. The van der Waals surface area contributed by atoms with E-state index >= 15 is 0 Å². The van der Waals surface area contributed by atoms with Crippen molar-refractivity contribution in [3.05, 3.63) is 0 Å². The van der Waals surface area contributed by atoms with Gasteiger partial charge in [0.2, 0.25) is 5.91 Å².